The highest BCUT2D eigenvalue weighted by molar-refractivity contribution is 6.06. The molecule has 0 aliphatic heterocycles. The van der Waals surface area contributed by atoms with Crippen molar-refractivity contribution in [2.45, 2.75) is 0 Å². The Hall–Kier alpha value is -3.02. The van der Waals surface area contributed by atoms with Crippen LogP contribution in [0.15, 0.2) is 59.3 Å². The first kappa shape index (κ1) is 13.9. The van der Waals surface area contributed by atoms with Gasteiger partial charge in [-0.25, -0.2) is 13.8 Å². The van der Waals surface area contributed by atoms with Crippen LogP contribution in [-0.4, -0.2) is 10.9 Å². The Morgan fingerprint density at radius 1 is 1.09 bits per heavy atom. The molecule has 0 radical (unpaired) electrons. The van der Waals surface area contributed by atoms with E-state index in [1.165, 1.54) is 0 Å². The van der Waals surface area contributed by atoms with Gasteiger partial charge in [0.15, 0.2) is 17.8 Å². The molecule has 1 amide bonds. The highest BCUT2D eigenvalue weighted by atomic mass is 19.1. The van der Waals surface area contributed by atoms with Crippen LogP contribution < -0.4 is 5.32 Å². The molecular weight excluding hydrogens is 290 g/mol. The molecule has 2 aromatic carbocycles. The Kier molecular flexibility index (Phi) is 3.65. The number of hydrogen-bond acceptors (Lipinski definition) is 3. The lowest BCUT2D eigenvalue weighted by atomic mass is 10.1. The molecule has 0 atom stereocenters. The first-order chi connectivity index (χ1) is 10.6. The molecule has 0 saturated carbocycles. The minimum absolute atomic E-state index is 0.0231. The topological polar surface area (TPSA) is 55.1 Å². The lowest BCUT2D eigenvalue weighted by molar-refractivity contribution is 0.102. The summed E-state index contributed by atoms with van der Waals surface area (Å²) in [5.41, 5.74) is 0.563. The number of rotatable bonds is 3. The van der Waals surface area contributed by atoms with E-state index >= 15 is 0 Å². The van der Waals surface area contributed by atoms with Gasteiger partial charge in [-0.2, -0.15) is 0 Å². The molecule has 110 valence electrons. The molecule has 1 aromatic heterocycles. The van der Waals surface area contributed by atoms with Crippen LogP contribution in [0.3, 0.4) is 0 Å². The molecule has 0 unspecified atom stereocenters. The second-order valence-corrected chi connectivity index (χ2v) is 4.47. The van der Waals surface area contributed by atoms with E-state index in [2.05, 4.69) is 10.3 Å². The number of anilines is 1. The second-order valence-electron chi connectivity index (χ2n) is 4.47. The standard InChI is InChI=1S/C16H10F2N2O2/c17-11-6-7-13(12(18)8-11)20-16(21)14-15(22-9-19-14)10-4-2-1-3-5-10/h1-9H,(H,20,21). The molecule has 6 heteroatoms. The maximum atomic E-state index is 13.6. The predicted octanol–water partition coefficient (Wildman–Crippen LogP) is 3.87. The number of nitrogens with zero attached hydrogens (tertiary/aromatic N) is 1. The van der Waals surface area contributed by atoms with Crippen LogP contribution in [0.5, 0.6) is 0 Å². The van der Waals surface area contributed by atoms with Gasteiger partial charge >= 0.3 is 0 Å². The van der Waals surface area contributed by atoms with E-state index in [0.29, 0.717) is 11.6 Å². The van der Waals surface area contributed by atoms with Crippen LogP contribution in [0.1, 0.15) is 10.5 Å². The zero-order chi connectivity index (χ0) is 15.5. The number of oxazole rings is 1. The molecular formula is C16H10F2N2O2. The van der Waals surface area contributed by atoms with E-state index in [1.54, 1.807) is 24.3 Å². The number of carbonyl (C=O) groups is 1. The first-order valence-corrected chi connectivity index (χ1v) is 6.40. The molecule has 1 heterocycles. The number of amides is 1. The van der Waals surface area contributed by atoms with Gasteiger partial charge in [-0.1, -0.05) is 30.3 Å². The number of halogens is 2. The van der Waals surface area contributed by atoms with E-state index in [9.17, 15) is 13.6 Å². The van der Waals surface area contributed by atoms with Crippen molar-refractivity contribution in [1.82, 2.24) is 4.98 Å². The van der Waals surface area contributed by atoms with Crippen molar-refractivity contribution in [3.63, 3.8) is 0 Å². The van der Waals surface area contributed by atoms with Crippen molar-refractivity contribution in [3.05, 3.63) is 72.3 Å². The average Bonchev–Trinajstić information content (AvgIpc) is 3.00. The number of hydrogen-bond donors (Lipinski definition) is 1. The second kappa shape index (κ2) is 5.77. The largest absolute Gasteiger partial charge is 0.443 e. The maximum Gasteiger partial charge on any atom is 0.278 e. The third-order valence-electron chi connectivity index (χ3n) is 3.00. The maximum absolute atomic E-state index is 13.6. The summed E-state index contributed by atoms with van der Waals surface area (Å²) in [4.78, 5) is 16.1. The van der Waals surface area contributed by atoms with E-state index in [1.807, 2.05) is 6.07 Å². The molecule has 0 saturated heterocycles. The Labute approximate surface area is 124 Å². The zero-order valence-corrected chi connectivity index (χ0v) is 11.2. The van der Waals surface area contributed by atoms with Crippen molar-refractivity contribution in [2.24, 2.45) is 0 Å². The van der Waals surface area contributed by atoms with Gasteiger partial charge in [-0.05, 0) is 12.1 Å². The molecule has 3 rings (SSSR count). The quantitative estimate of drug-likeness (QED) is 0.798. The fourth-order valence-corrected chi connectivity index (χ4v) is 1.97. The van der Waals surface area contributed by atoms with E-state index in [0.717, 1.165) is 18.5 Å². The highest BCUT2D eigenvalue weighted by Crippen LogP contribution is 2.24. The third kappa shape index (κ3) is 2.71. The number of nitrogens with one attached hydrogen (secondary N) is 1. The van der Waals surface area contributed by atoms with Gasteiger partial charge in [0.25, 0.3) is 5.91 Å². The monoisotopic (exact) mass is 300 g/mol. The molecule has 0 fully saturated rings. The fraction of sp³-hybridized carbons (Fsp3) is 0. The highest BCUT2D eigenvalue weighted by Gasteiger charge is 2.19. The van der Waals surface area contributed by atoms with Crippen LogP contribution in [0.2, 0.25) is 0 Å². The normalized spacial score (nSPS) is 10.5. The van der Waals surface area contributed by atoms with E-state index in [-0.39, 0.29) is 17.1 Å². The Morgan fingerprint density at radius 2 is 1.86 bits per heavy atom. The third-order valence-corrected chi connectivity index (χ3v) is 3.00. The van der Waals surface area contributed by atoms with Crippen LogP contribution >= 0.6 is 0 Å². The minimum atomic E-state index is -0.863. The smallest absolute Gasteiger partial charge is 0.278 e. The van der Waals surface area contributed by atoms with Gasteiger partial charge in [0.1, 0.15) is 11.6 Å². The van der Waals surface area contributed by atoms with Gasteiger partial charge in [0.2, 0.25) is 0 Å². The predicted molar refractivity (Wildman–Crippen MR) is 76.3 cm³/mol. The first-order valence-electron chi connectivity index (χ1n) is 6.40. The minimum Gasteiger partial charge on any atom is -0.443 e. The van der Waals surface area contributed by atoms with Gasteiger partial charge in [-0.15, -0.1) is 0 Å². The Balaban J connectivity index is 1.89. The van der Waals surface area contributed by atoms with Crippen molar-refractivity contribution < 1.29 is 18.0 Å². The fourth-order valence-electron chi connectivity index (χ4n) is 1.97. The molecule has 0 aliphatic carbocycles. The van der Waals surface area contributed by atoms with E-state index < -0.39 is 17.5 Å². The van der Waals surface area contributed by atoms with Crippen LogP contribution in [0.4, 0.5) is 14.5 Å². The van der Waals surface area contributed by atoms with Crippen LogP contribution in [-0.2, 0) is 0 Å². The number of aromatic nitrogens is 1. The summed E-state index contributed by atoms with van der Waals surface area (Å²) >= 11 is 0. The summed E-state index contributed by atoms with van der Waals surface area (Å²) in [6, 6.07) is 11.8. The molecule has 0 aliphatic rings. The molecule has 0 spiro atoms. The van der Waals surface area contributed by atoms with Crippen molar-refractivity contribution in [2.75, 3.05) is 5.32 Å². The Morgan fingerprint density at radius 3 is 2.59 bits per heavy atom. The molecule has 0 bridgehead atoms. The van der Waals surface area contributed by atoms with Crippen molar-refractivity contribution in [1.29, 1.82) is 0 Å². The summed E-state index contributed by atoms with van der Waals surface area (Å²) in [6.45, 7) is 0. The van der Waals surface area contributed by atoms with Crippen molar-refractivity contribution in [3.8, 4) is 11.3 Å². The number of benzene rings is 2. The lowest BCUT2D eigenvalue weighted by Gasteiger charge is -2.06. The summed E-state index contributed by atoms with van der Waals surface area (Å²) in [7, 11) is 0. The molecule has 1 N–H and O–H groups in total. The SMILES string of the molecule is O=C(Nc1ccc(F)cc1F)c1ncoc1-c1ccccc1. The van der Waals surface area contributed by atoms with Gasteiger partial charge in [-0.3, -0.25) is 4.79 Å². The van der Waals surface area contributed by atoms with Gasteiger partial charge < -0.3 is 9.73 Å². The summed E-state index contributed by atoms with van der Waals surface area (Å²) in [5.74, 6) is -1.95. The molecule has 4 nitrogen and oxygen atoms in total. The average molecular weight is 300 g/mol. The summed E-state index contributed by atoms with van der Waals surface area (Å²) < 4.78 is 31.7. The number of carbonyl (C=O) groups excluding carboxylic acids is 1. The van der Waals surface area contributed by atoms with Crippen molar-refractivity contribution >= 4 is 11.6 Å². The molecule has 22 heavy (non-hydrogen) atoms. The van der Waals surface area contributed by atoms with Crippen LogP contribution in [0.25, 0.3) is 11.3 Å². The lowest BCUT2D eigenvalue weighted by Crippen LogP contribution is -2.14. The molecule has 3 aromatic rings. The Bertz CT molecular complexity index is 816. The summed E-state index contributed by atoms with van der Waals surface area (Å²) in [6.07, 6.45) is 1.14. The van der Waals surface area contributed by atoms with Gasteiger partial charge in [0, 0.05) is 11.6 Å². The van der Waals surface area contributed by atoms with E-state index in [4.69, 9.17) is 4.42 Å². The van der Waals surface area contributed by atoms with Crippen LogP contribution in [0, 0.1) is 11.6 Å². The van der Waals surface area contributed by atoms with Gasteiger partial charge in [0.05, 0.1) is 5.69 Å². The zero-order valence-electron chi connectivity index (χ0n) is 11.2. The summed E-state index contributed by atoms with van der Waals surface area (Å²) in [5, 5.41) is 2.35.